The van der Waals surface area contributed by atoms with Gasteiger partial charge >= 0.3 is 6.18 Å². The van der Waals surface area contributed by atoms with E-state index < -0.39 is 35.1 Å². The van der Waals surface area contributed by atoms with E-state index >= 15 is 4.39 Å². The number of alkyl halides is 3. The molecule has 14 heteroatoms. The summed E-state index contributed by atoms with van der Waals surface area (Å²) in [6.45, 7) is 7.28. The van der Waals surface area contributed by atoms with Gasteiger partial charge < -0.3 is 9.47 Å². The molecule has 1 unspecified atom stereocenters. The molecule has 234 valence electrons. The van der Waals surface area contributed by atoms with Crippen LogP contribution in [-0.2, 0) is 26.2 Å². The molecule has 0 N–H and O–H groups in total. The normalized spacial score (nSPS) is 15.3. The van der Waals surface area contributed by atoms with Crippen LogP contribution in [0.25, 0.3) is 22.7 Å². The first-order chi connectivity index (χ1) is 21.1. The first-order valence-corrected chi connectivity index (χ1v) is 15.0. The van der Waals surface area contributed by atoms with Crippen LogP contribution in [0.2, 0.25) is 0 Å². The van der Waals surface area contributed by atoms with Crippen molar-refractivity contribution in [2.24, 2.45) is 7.05 Å². The highest BCUT2D eigenvalue weighted by molar-refractivity contribution is 9.10. The van der Waals surface area contributed by atoms with Crippen LogP contribution in [-0.4, -0.2) is 45.7 Å². The Bertz CT molecular complexity index is 2060. The number of fused-ring (bicyclic) bond motifs is 2. The zero-order valence-electron chi connectivity index (χ0n) is 24.9. The minimum Gasteiger partial charge on any atom is -0.334 e. The summed E-state index contributed by atoms with van der Waals surface area (Å²) in [7, 11) is 1.74. The van der Waals surface area contributed by atoms with E-state index in [0.29, 0.717) is 16.7 Å². The van der Waals surface area contributed by atoms with Crippen molar-refractivity contribution in [1.29, 1.82) is 0 Å². The van der Waals surface area contributed by atoms with Gasteiger partial charge in [-0.2, -0.15) is 18.3 Å². The van der Waals surface area contributed by atoms with E-state index in [2.05, 4.69) is 26.0 Å². The molecule has 0 radical (unpaired) electrons. The fraction of sp³-hybridized carbons (Fsp3) is 0.323. The summed E-state index contributed by atoms with van der Waals surface area (Å²) in [6, 6.07) is 7.38. The Labute approximate surface area is 263 Å². The highest BCUT2D eigenvalue weighted by Gasteiger charge is 2.36. The Morgan fingerprint density at radius 1 is 1.13 bits per heavy atom. The van der Waals surface area contributed by atoms with E-state index in [9.17, 15) is 22.8 Å². The third kappa shape index (κ3) is 5.24. The van der Waals surface area contributed by atoms with Gasteiger partial charge in [0.1, 0.15) is 5.82 Å². The molecule has 0 bridgehead atoms. The van der Waals surface area contributed by atoms with Gasteiger partial charge in [0.15, 0.2) is 0 Å². The number of hydrogen-bond acceptors (Lipinski definition) is 5. The molecule has 3 aromatic heterocycles. The number of amides is 1. The largest absolute Gasteiger partial charge is 0.417 e. The second-order valence-corrected chi connectivity index (χ2v) is 12.4. The van der Waals surface area contributed by atoms with E-state index in [1.54, 1.807) is 31.8 Å². The Kier molecular flexibility index (Phi) is 7.45. The van der Waals surface area contributed by atoms with Crippen molar-refractivity contribution in [3.63, 3.8) is 0 Å². The van der Waals surface area contributed by atoms with Crippen molar-refractivity contribution in [2.75, 3.05) is 0 Å². The van der Waals surface area contributed by atoms with E-state index in [-0.39, 0.29) is 51.8 Å². The summed E-state index contributed by atoms with van der Waals surface area (Å²) in [5.41, 5.74) is 1.21. The molecule has 0 spiro atoms. The van der Waals surface area contributed by atoms with Crippen LogP contribution in [0.4, 0.5) is 17.6 Å². The molecule has 0 aliphatic carbocycles. The molecule has 0 saturated heterocycles. The predicted octanol–water partition coefficient (Wildman–Crippen LogP) is 6.24. The third-order valence-corrected chi connectivity index (χ3v) is 8.79. The maximum Gasteiger partial charge on any atom is 0.417 e. The Morgan fingerprint density at radius 3 is 2.53 bits per heavy atom. The van der Waals surface area contributed by atoms with Crippen molar-refractivity contribution in [1.82, 2.24) is 33.8 Å². The fourth-order valence-electron chi connectivity index (χ4n) is 5.61. The average Bonchev–Trinajstić information content (AvgIpc) is 3.54. The van der Waals surface area contributed by atoms with Gasteiger partial charge in [0.2, 0.25) is 5.95 Å². The van der Waals surface area contributed by atoms with Gasteiger partial charge in [0.05, 0.1) is 46.5 Å². The lowest BCUT2D eigenvalue weighted by Crippen LogP contribution is -2.46. The topological polar surface area (TPSA) is 90.8 Å². The van der Waals surface area contributed by atoms with Gasteiger partial charge in [-0.3, -0.25) is 9.59 Å². The SMILES string of the molecule is Cc1cc(C(C)C)nn1-c1nc2c(c(=O)n1-c1cc3ncn(C)c3cc1F)CC(C)N(C(=O)c1ccc(Br)c(C(F)(F)F)c1)C2. The Balaban J connectivity index is 1.52. The summed E-state index contributed by atoms with van der Waals surface area (Å²) in [6.07, 6.45) is -3.06. The number of aromatic nitrogens is 6. The van der Waals surface area contributed by atoms with Gasteiger partial charge in [-0.1, -0.05) is 29.8 Å². The van der Waals surface area contributed by atoms with Crippen LogP contribution in [0.1, 0.15) is 65.3 Å². The molecule has 1 amide bonds. The van der Waals surface area contributed by atoms with Crippen molar-refractivity contribution in [2.45, 2.75) is 58.8 Å². The summed E-state index contributed by atoms with van der Waals surface area (Å²) < 4.78 is 60.7. The van der Waals surface area contributed by atoms with Crippen molar-refractivity contribution in [3.05, 3.63) is 97.1 Å². The van der Waals surface area contributed by atoms with Gasteiger partial charge in [-0.15, -0.1) is 0 Å². The van der Waals surface area contributed by atoms with Crippen LogP contribution in [0.5, 0.6) is 0 Å². The number of carbonyl (C=O) groups excluding carboxylic acids is 1. The Hall–Kier alpha value is -4.33. The minimum atomic E-state index is -4.67. The minimum absolute atomic E-state index is 0.0160. The van der Waals surface area contributed by atoms with Crippen LogP contribution in [0.3, 0.4) is 0 Å². The molecule has 5 aromatic rings. The number of carbonyl (C=O) groups is 1. The first-order valence-electron chi connectivity index (χ1n) is 14.2. The second-order valence-electron chi connectivity index (χ2n) is 11.6. The highest BCUT2D eigenvalue weighted by atomic mass is 79.9. The molecular weight excluding hydrogens is 658 g/mol. The number of benzene rings is 2. The van der Waals surface area contributed by atoms with Crippen molar-refractivity contribution in [3.8, 4) is 11.6 Å². The number of hydrogen-bond donors (Lipinski definition) is 0. The summed E-state index contributed by atoms with van der Waals surface area (Å²) in [5, 5.41) is 4.67. The lowest BCUT2D eigenvalue weighted by atomic mass is 9.98. The quantitative estimate of drug-likeness (QED) is 0.209. The molecule has 0 fully saturated rings. The molecule has 1 atom stereocenters. The number of nitrogens with zero attached hydrogens (tertiary/aromatic N) is 7. The van der Waals surface area contributed by atoms with Gasteiger partial charge in [0.25, 0.3) is 11.5 Å². The molecule has 1 aliphatic rings. The van der Waals surface area contributed by atoms with Gasteiger partial charge in [-0.05, 0) is 56.5 Å². The van der Waals surface area contributed by atoms with Crippen LogP contribution >= 0.6 is 15.9 Å². The summed E-state index contributed by atoms with van der Waals surface area (Å²) in [5.74, 6) is -1.24. The van der Waals surface area contributed by atoms with Crippen LogP contribution in [0, 0.1) is 12.7 Å². The smallest absolute Gasteiger partial charge is 0.334 e. The molecule has 0 saturated carbocycles. The van der Waals surface area contributed by atoms with Crippen molar-refractivity contribution >= 4 is 32.9 Å². The molecule has 2 aromatic carbocycles. The third-order valence-electron chi connectivity index (χ3n) is 8.10. The monoisotopic (exact) mass is 685 g/mol. The van der Waals surface area contributed by atoms with Crippen molar-refractivity contribution < 1.29 is 22.4 Å². The maximum absolute atomic E-state index is 15.8. The molecule has 45 heavy (non-hydrogen) atoms. The number of aryl methyl sites for hydroxylation is 2. The average molecular weight is 687 g/mol. The first kappa shape index (κ1) is 30.7. The summed E-state index contributed by atoms with van der Waals surface area (Å²) >= 11 is 2.91. The van der Waals surface area contributed by atoms with E-state index in [4.69, 9.17) is 4.98 Å². The lowest BCUT2D eigenvalue weighted by molar-refractivity contribution is -0.138. The molecule has 1 aliphatic heterocycles. The zero-order chi connectivity index (χ0) is 32.5. The molecule has 9 nitrogen and oxygen atoms in total. The van der Waals surface area contributed by atoms with E-state index in [0.717, 1.165) is 11.8 Å². The van der Waals surface area contributed by atoms with E-state index in [1.807, 2.05) is 19.9 Å². The number of imidazole rings is 1. The van der Waals surface area contributed by atoms with Crippen LogP contribution in [0.15, 0.2) is 52.0 Å². The lowest BCUT2D eigenvalue weighted by Gasteiger charge is -2.34. The molecule has 6 rings (SSSR count). The highest BCUT2D eigenvalue weighted by Crippen LogP contribution is 2.36. The molecule has 4 heterocycles. The fourth-order valence-corrected chi connectivity index (χ4v) is 6.08. The second kappa shape index (κ2) is 10.9. The summed E-state index contributed by atoms with van der Waals surface area (Å²) in [4.78, 5) is 38.4. The standard InChI is InChI=1S/C31H28BrF4N7O2/c1-15(2)23-9-17(4)43(39-23)30-38-25-13-41(28(44)18-6-7-21(32)20(10-18)31(34,35)36)16(3)8-19(25)29(45)42(30)26-12-24-27(11-22(26)33)40(5)14-37-24/h6-7,9-12,14-16H,8,13H2,1-5H3. The zero-order valence-corrected chi connectivity index (χ0v) is 26.5. The predicted molar refractivity (Wildman–Crippen MR) is 162 cm³/mol. The van der Waals surface area contributed by atoms with E-state index in [1.165, 1.54) is 38.4 Å². The number of halogens is 5. The van der Waals surface area contributed by atoms with Crippen LogP contribution < -0.4 is 5.56 Å². The molecular formula is C31H28BrF4N7O2. The Morgan fingerprint density at radius 2 is 1.87 bits per heavy atom. The number of rotatable bonds is 4. The maximum atomic E-state index is 15.8. The van der Waals surface area contributed by atoms with Gasteiger partial charge in [0, 0.05) is 40.4 Å². The van der Waals surface area contributed by atoms with Gasteiger partial charge in [-0.25, -0.2) is 23.6 Å².